The van der Waals surface area contributed by atoms with Crippen LogP contribution in [0.4, 0.5) is 0 Å². The Morgan fingerprint density at radius 1 is 1.38 bits per heavy atom. The van der Waals surface area contributed by atoms with Crippen LogP contribution in [0.5, 0.6) is 11.5 Å². The molecule has 5 nitrogen and oxygen atoms in total. The van der Waals surface area contributed by atoms with Gasteiger partial charge in [0, 0.05) is 12.8 Å². The number of thioether (sulfide) groups is 1. The summed E-state index contributed by atoms with van der Waals surface area (Å²) >= 11 is 1.60. The van der Waals surface area contributed by atoms with E-state index in [4.69, 9.17) is 9.47 Å². The third kappa shape index (κ3) is 2.76. The molecule has 0 atom stereocenters. The van der Waals surface area contributed by atoms with E-state index in [2.05, 4.69) is 11.9 Å². The number of carbonyl (C=O) groups is 1. The Hall–Kier alpha value is -1.95. The fourth-order valence-electron chi connectivity index (χ4n) is 2.06. The molecular weight excluding hydrogens is 288 g/mol. The maximum absolute atomic E-state index is 12.2. The first-order valence-electron chi connectivity index (χ1n) is 6.80. The summed E-state index contributed by atoms with van der Waals surface area (Å²) < 4.78 is 10.6. The lowest BCUT2D eigenvalue weighted by Crippen LogP contribution is -2.25. The van der Waals surface area contributed by atoms with E-state index in [-0.39, 0.29) is 12.7 Å². The number of nitrogens with zero attached hydrogens (tertiary/aromatic N) is 2. The van der Waals surface area contributed by atoms with Gasteiger partial charge in [0.1, 0.15) is 5.70 Å². The summed E-state index contributed by atoms with van der Waals surface area (Å²) in [6, 6.07) is 5.59. The summed E-state index contributed by atoms with van der Waals surface area (Å²) in [5.41, 5.74) is 1.33. The van der Waals surface area contributed by atoms with Gasteiger partial charge in [-0.2, -0.15) is 0 Å². The van der Waals surface area contributed by atoms with Crippen LogP contribution in [-0.4, -0.2) is 35.6 Å². The molecule has 0 fully saturated rings. The molecule has 0 N–H and O–H groups in total. The molecule has 1 aromatic rings. The van der Waals surface area contributed by atoms with E-state index in [1.807, 2.05) is 18.2 Å². The van der Waals surface area contributed by atoms with Crippen molar-refractivity contribution in [1.82, 2.24) is 4.90 Å². The van der Waals surface area contributed by atoms with Crippen LogP contribution in [0, 0.1) is 0 Å². The van der Waals surface area contributed by atoms with Gasteiger partial charge in [-0.15, -0.1) is 0 Å². The Morgan fingerprint density at radius 3 is 3.00 bits per heavy atom. The second-order valence-electron chi connectivity index (χ2n) is 4.75. The number of likely N-dealkylation sites (N-methyl/N-ethyl adjacent to an activating group) is 1. The van der Waals surface area contributed by atoms with Crippen molar-refractivity contribution in [3.63, 3.8) is 0 Å². The molecule has 2 aliphatic heterocycles. The number of carbonyl (C=O) groups excluding carboxylic acids is 1. The zero-order chi connectivity index (χ0) is 14.8. The molecule has 0 aliphatic carbocycles. The zero-order valence-electron chi connectivity index (χ0n) is 12.0. The monoisotopic (exact) mass is 304 g/mol. The van der Waals surface area contributed by atoms with E-state index in [9.17, 15) is 4.79 Å². The van der Waals surface area contributed by atoms with E-state index in [1.54, 1.807) is 29.8 Å². The highest BCUT2D eigenvalue weighted by molar-refractivity contribution is 8.13. The molecule has 0 saturated carbocycles. The lowest BCUT2D eigenvalue weighted by molar-refractivity contribution is -0.121. The summed E-state index contributed by atoms with van der Waals surface area (Å²) in [5.74, 6) is 2.31. The molecule has 0 spiro atoms. The third-order valence-electron chi connectivity index (χ3n) is 3.16. The molecule has 0 unspecified atom stereocenters. The van der Waals surface area contributed by atoms with Gasteiger partial charge in [0.2, 0.25) is 6.79 Å². The molecule has 0 saturated heterocycles. The van der Waals surface area contributed by atoms with Crippen LogP contribution < -0.4 is 9.47 Å². The highest BCUT2D eigenvalue weighted by Crippen LogP contribution is 2.33. The lowest BCUT2D eigenvalue weighted by atomic mass is 10.1. The van der Waals surface area contributed by atoms with Gasteiger partial charge in [0.15, 0.2) is 16.7 Å². The second-order valence-corrected chi connectivity index (χ2v) is 5.81. The number of aliphatic imine (C=N–C) groups is 1. The van der Waals surface area contributed by atoms with Crippen molar-refractivity contribution >= 4 is 28.9 Å². The molecule has 110 valence electrons. The van der Waals surface area contributed by atoms with Crippen LogP contribution in [0.3, 0.4) is 0 Å². The summed E-state index contributed by atoms with van der Waals surface area (Å²) in [6.07, 6.45) is 2.83. The van der Waals surface area contributed by atoms with Crippen molar-refractivity contribution in [2.45, 2.75) is 13.3 Å². The number of ether oxygens (including phenoxy) is 2. The minimum Gasteiger partial charge on any atom is -0.454 e. The molecule has 2 aliphatic rings. The van der Waals surface area contributed by atoms with Gasteiger partial charge in [-0.1, -0.05) is 24.8 Å². The maximum Gasteiger partial charge on any atom is 0.278 e. The van der Waals surface area contributed by atoms with E-state index >= 15 is 0 Å². The Balaban J connectivity index is 1.85. The molecule has 0 bridgehead atoms. The van der Waals surface area contributed by atoms with Crippen molar-refractivity contribution in [3.05, 3.63) is 29.5 Å². The van der Waals surface area contributed by atoms with Gasteiger partial charge in [0.05, 0.1) is 0 Å². The number of fused-ring (bicyclic) bond motifs is 1. The predicted octanol–water partition coefficient (Wildman–Crippen LogP) is 2.73. The van der Waals surface area contributed by atoms with Crippen molar-refractivity contribution in [3.8, 4) is 11.5 Å². The first kappa shape index (κ1) is 14.0. The minimum absolute atomic E-state index is 0.0775. The van der Waals surface area contributed by atoms with Gasteiger partial charge in [-0.25, -0.2) is 4.99 Å². The quantitative estimate of drug-likeness (QED) is 0.806. The summed E-state index contributed by atoms with van der Waals surface area (Å²) in [4.78, 5) is 18.2. The van der Waals surface area contributed by atoms with Gasteiger partial charge in [-0.3, -0.25) is 9.69 Å². The van der Waals surface area contributed by atoms with Crippen LogP contribution >= 0.6 is 11.8 Å². The van der Waals surface area contributed by atoms with Gasteiger partial charge in [0.25, 0.3) is 5.91 Å². The van der Waals surface area contributed by atoms with Crippen LogP contribution in [0.2, 0.25) is 0 Å². The second kappa shape index (κ2) is 5.81. The summed E-state index contributed by atoms with van der Waals surface area (Å²) in [5, 5.41) is 0.758. The smallest absolute Gasteiger partial charge is 0.278 e. The van der Waals surface area contributed by atoms with E-state index < -0.39 is 0 Å². The van der Waals surface area contributed by atoms with Crippen molar-refractivity contribution < 1.29 is 14.3 Å². The Bertz CT molecular complexity index is 640. The molecule has 6 heteroatoms. The molecule has 2 heterocycles. The van der Waals surface area contributed by atoms with Crippen molar-refractivity contribution in [2.75, 3.05) is 19.6 Å². The predicted molar refractivity (Wildman–Crippen MR) is 83.5 cm³/mol. The fourth-order valence-corrected chi connectivity index (χ4v) is 2.89. The maximum atomic E-state index is 12.2. The fraction of sp³-hybridized carbons (Fsp3) is 0.333. The molecule has 1 aromatic carbocycles. The number of amidine groups is 1. The van der Waals surface area contributed by atoms with Gasteiger partial charge >= 0.3 is 0 Å². The van der Waals surface area contributed by atoms with E-state index in [0.717, 1.165) is 28.7 Å². The summed E-state index contributed by atoms with van der Waals surface area (Å²) in [6.45, 7) is 2.35. The minimum atomic E-state index is -0.0775. The topological polar surface area (TPSA) is 51.1 Å². The molecule has 1 amide bonds. The number of hydrogen-bond donors (Lipinski definition) is 0. The van der Waals surface area contributed by atoms with Crippen molar-refractivity contribution in [2.24, 2.45) is 4.99 Å². The number of benzene rings is 1. The molecule has 0 aromatic heterocycles. The van der Waals surface area contributed by atoms with Gasteiger partial charge < -0.3 is 9.47 Å². The van der Waals surface area contributed by atoms with Gasteiger partial charge in [-0.05, 0) is 30.2 Å². The van der Waals surface area contributed by atoms with Crippen LogP contribution in [0.25, 0.3) is 6.08 Å². The van der Waals surface area contributed by atoms with Crippen LogP contribution in [0.15, 0.2) is 28.9 Å². The summed E-state index contributed by atoms with van der Waals surface area (Å²) in [7, 11) is 1.75. The van der Waals surface area contributed by atoms with Crippen LogP contribution in [-0.2, 0) is 4.79 Å². The standard InChI is InChI=1S/C15H16N2O3S/c1-3-6-21-15-16-11(14(18)17(15)2)7-10-4-5-12-13(8-10)20-9-19-12/h4-5,7-8H,3,6,9H2,1-2H3/b11-7-. The van der Waals surface area contributed by atoms with E-state index in [1.165, 1.54) is 0 Å². The zero-order valence-corrected chi connectivity index (χ0v) is 12.8. The average molecular weight is 304 g/mol. The number of rotatable bonds is 3. The van der Waals surface area contributed by atoms with Crippen molar-refractivity contribution in [1.29, 1.82) is 0 Å². The normalized spacial score (nSPS) is 18.6. The molecule has 21 heavy (non-hydrogen) atoms. The highest BCUT2D eigenvalue weighted by atomic mass is 32.2. The van der Waals surface area contributed by atoms with E-state index in [0.29, 0.717) is 11.4 Å². The Kier molecular flexibility index (Phi) is 3.88. The molecule has 0 radical (unpaired) electrons. The Labute approximate surface area is 127 Å². The first-order chi connectivity index (χ1) is 10.2. The Morgan fingerprint density at radius 2 is 2.19 bits per heavy atom. The number of hydrogen-bond acceptors (Lipinski definition) is 5. The SMILES string of the molecule is CCCSC1=N/C(=C\c2ccc3c(c2)OCO3)C(=O)N1C. The highest BCUT2D eigenvalue weighted by Gasteiger charge is 2.27. The molecule has 3 rings (SSSR count). The molecular formula is C15H16N2O3S. The first-order valence-corrected chi connectivity index (χ1v) is 7.78. The van der Waals surface area contributed by atoms with Crippen LogP contribution in [0.1, 0.15) is 18.9 Å². The average Bonchev–Trinajstić information content (AvgIpc) is 3.05. The number of amides is 1. The lowest BCUT2D eigenvalue weighted by Gasteiger charge is -2.09. The largest absolute Gasteiger partial charge is 0.454 e. The third-order valence-corrected chi connectivity index (χ3v) is 4.40.